The first-order chi connectivity index (χ1) is 9.24. The monoisotopic (exact) mass is 254 g/mol. The first-order valence-corrected chi connectivity index (χ1v) is 5.81. The van der Waals surface area contributed by atoms with E-state index in [1.165, 1.54) is 0 Å². The highest BCUT2D eigenvalue weighted by molar-refractivity contribution is 5.51. The summed E-state index contributed by atoms with van der Waals surface area (Å²) in [7, 11) is 0. The summed E-state index contributed by atoms with van der Waals surface area (Å²) in [6, 6.07) is 13.6. The fourth-order valence-corrected chi connectivity index (χ4v) is 1.45. The number of hydrogen-bond donors (Lipinski definition) is 2. The lowest BCUT2D eigenvalue weighted by atomic mass is 10.2. The highest BCUT2D eigenvalue weighted by Crippen LogP contribution is 2.12. The van der Waals surface area contributed by atoms with Gasteiger partial charge in [-0.15, -0.1) is 0 Å². The number of benzene rings is 2. The third kappa shape index (κ3) is 4.24. The number of phenols is 2. The summed E-state index contributed by atoms with van der Waals surface area (Å²) in [5.41, 5.74) is 1.88. The van der Waals surface area contributed by atoms with E-state index in [0.29, 0.717) is 0 Å². The first-order valence-electron chi connectivity index (χ1n) is 5.81. The van der Waals surface area contributed by atoms with Crippen molar-refractivity contribution in [3.63, 3.8) is 0 Å². The average Bonchev–Trinajstić information content (AvgIpc) is 2.43. The van der Waals surface area contributed by atoms with Gasteiger partial charge in [0.05, 0.1) is 12.5 Å². The Bertz CT molecular complexity index is 512. The van der Waals surface area contributed by atoms with Gasteiger partial charge in [0, 0.05) is 0 Å². The van der Waals surface area contributed by atoms with Gasteiger partial charge in [-0.05, 0) is 47.5 Å². The first kappa shape index (κ1) is 12.8. The van der Waals surface area contributed by atoms with Crippen molar-refractivity contribution in [2.75, 3.05) is 0 Å². The van der Waals surface area contributed by atoms with Gasteiger partial charge in [-0.2, -0.15) is 0 Å². The lowest BCUT2D eigenvalue weighted by molar-refractivity contribution is 0.410. The molecule has 0 atom stereocenters. The second kappa shape index (κ2) is 6.31. The Morgan fingerprint density at radius 3 is 1.37 bits per heavy atom. The van der Waals surface area contributed by atoms with Crippen LogP contribution in [-0.2, 0) is 4.74 Å². The highest BCUT2D eigenvalue weighted by atomic mass is 16.5. The van der Waals surface area contributed by atoms with Gasteiger partial charge in [0.15, 0.2) is 0 Å². The Balaban J connectivity index is 1.86. The van der Waals surface area contributed by atoms with Crippen LogP contribution in [0, 0.1) is 0 Å². The van der Waals surface area contributed by atoms with Crippen molar-refractivity contribution in [1.82, 2.24) is 0 Å². The molecule has 0 bridgehead atoms. The largest absolute Gasteiger partial charge is 0.508 e. The molecule has 2 aromatic carbocycles. The molecular weight excluding hydrogens is 240 g/mol. The Labute approximate surface area is 111 Å². The molecule has 0 saturated heterocycles. The smallest absolute Gasteiger partial charge is 0.115 e. The maximum Gasteiger partial charge on any atom is 0.115 e. The zero-order valence-corrected chi connectivity index (χ0v) is 10.2. The van der Waals surface area contributed by atoms with Crippen molar-refractivity contribution in [3.05, 3.63) is 72.2 Å². The number of hydrogen-bond acceptors (Lipinski definition) is 3. The molecule has 3 nitrogen and oxygen atoms in total. The molecule has 0 spiro atoms. The lowest BCUT2D eigenvalue weighted by Gasteiger charge is -1.95. The molecule has 0 radical (unpaired) electrons. The van der Waals surface area contributed by atoms with Crippen LogP contribution in [0.1, 0.15) is 11.1 Å². The van der Waals surface area contributed by atoms with Crippen LogP contribution in [0.5, 0.6) is 11.5 Å². The minimum atomic E-state index is 0.241. The molecule has 0 amide bonds. The van der Waals surface area contributed by atoms with E-state index >= 15 is 0 Å². The standard InChI is InChI=1S/C16H14O3/c17-15-5-1-13(2-6-15)9-11-19-12-10-14-3-7-16(18)8-4-14/h1-12,17-18H. The summed E-state index contributed by atoms with van der Waals surface area (Å²) in [6.07, 6.45) is 6.70. The van der Waals surface area contributed by atoms with Crippen LogP contribution in [0.3, 0.4) is 0 Å². The van der Waals surface area contributed by atoms with Crippen LogP contribution in [-0.4, -0.2) is 10.2 Å². The summed E-state index contributed by atoms with van der Waals surface area (Å²) in [4.78, 5) is 0. The van der Waals surface area contributed by atoms with Crippen LogP contribution >= 0.6 is 0 Å². The van der Waals surface area contributed by atoms with Gasteiger partial charge in [-0.1, -0.05) is 24.3 Å². The maximum atomic E-state index is 9.13. The van der Waals surface area contributed by atoms with Crippen molar-refractivity contribution >= 4 is 12.2 Å². The zero-order chi connectivity index (χ0) is 13.5. The maximum absolute atomic E-state index is 9.13. The fraction of sp³-hybridized carbons (Fsp3) is 0. The van der Waals surface area contributed by atoms with Gasteiger partial charge in [-0.3, -0.25) is 0 Å². The molecule has 2 rings (SSSR count). The van der Waals surface area contributed by atoms with E-state index in [-0.39, 0.29) is 11.5 Å². The van der Waals surface area contributed by atoms with Gasteiger partial charge in [-0.25, -0.2) is 0 Å². The molecule has 2 aromatic rings. The fourth-order valence-electron chi connectivity index (χ4n) is 1.45. The van der Waals surface area contributed by atoms with E-state index in [9.17, 15) is 0 Å². The van der Waals surface area contributed by atoms with Gasteiger partial charge >= 0.3 is 0 Å². The molecule has 0 saturated carbocycles. The normalized spacial score (nSPS) is 11.2. The van der Waals surface area contributed by atoms with Gasteiger partial charge in [0.1, 0.15) is 11.5 Å². The minimum Gasteiger partial charge on any atom is -0.508 e. The van der Waals surface area contributed by atoms with E-state index in [1.807, 2.05) is 0 Å². The Morgan fingerprint density at radius 2 is 1.00 bits per heavy atom. The van der Waals surface area contributed by atoms with Gasteiger partial charge in [0.25, 0.3) is 0 Å². The molecule has 2 N–H and O–H groups in total. The molecule has 0 aromatic heterocycles. The molecule has 0 aliphatic carbocycles. The SMILES string of the molecule is Oc1ccc(C=COC=Cc2ccc(O)cc2)cc1. The van der Waals surface area contributed by atoms with Crippen molar-refractivity contribution < 1.29 is 14.9 Å². The van der Waals surface area contributed by atoms with Crippen LogP contribution in [0.25, 0.3) is 12.2 Å². The summed E-state index contributed by atoms with van der Waals surface area (Å²) in [5.74, 6) is 0.482. The molecule has 96 valence electrons. The summed E-state index contributed by atoms with van der Waals surface area (Å²) < 4.78 is 5.22. The topological polar surface area (TPSA) is 49.7 Å². The van der Waals surface area contributed by atoms with E-state index < -0.39 is 0 Å². The van der Waals surface area contributed by atoms with Gasteiger partial charge in [0.2, 0.25) is 0 Å². The second-order valence-electron chi connectivity index (χ2n) is 3.92. The predicted molar refractivity (Wildman–Crippen MR) is 75.4 cm³/mol. The second-order valence-corrected chi connectivity index (χ2v) is 3.92. The number of phenolic OH excluding ortho intramolecular Hbond substituents is 2. The van der Waals surface area contributed by atoms with Crippen molar-refractivity contribution in [1.29, 1.82) is 0 Å². The molecule has 0 aliphatic heterocycles. The lowest BCUT2D eigenvalue weighted by Crippen LogP contribution is -1.73. The molecule has 0 heterocycles. The third-order valence-corrected chi connectivity index (χ3v) is 2.46. The molecule has 0 unspecified atom stereocenters. The van der Waals surface area contributed by atoms with E-state index in [0.717, 1.165) is 11.1 Å². The summed E-state index contributed by atoms with van der Waals surface area (Å²) in [5, 5.41) is 18.3. The predicted octanol–water partition coefficient (Wildman–Crippen LogP) is 3.76. The van der Waals surface area contributed by atoms with Crippen LogP contribution < -0.4 is 0 Å². The molecule has 0 fully saturated rings. The van der Waals surface area contributed by atoms with Crippen LogP contribution in [0.4, 0.5) is 0 Å². The van der Waals surface area contributed by atoms with E-state index in [1.54, 1.807) is 73.2 Å². The molecule has 3 heteroatoms. The molecule has 0 aliphatic rings. The number of aromatic hydroxyl groups is 2. The Morgan fingerprint density at radius 1 is 0.632 bits per heavy atom. The van der Waals surface area contributed by atoms with E-state index in [2.05, 4.69) is 0 Å². The zero-order valence-electron chi connectivity index (χ0n) is 10.2. The number of rotatable bonds is 4. The summed E-state index contributed by atoms with van der Waals surface area (Å²) >= 11 is 0. The number of ether oxygens (including phenoxy) is 1. The highest BCUT2D eigenvalue weighted by Gasteiger charge is 1.88. The van der Waals surface area contributed by atoms with Crippen molar-refractivity contribution in [3.8, 4) is 11.5 Å². The van der Waals surface area contributed by atoms with Crippen molar-refractivity contribution in [2.45, 2.75) is 0 Å². The van der Waals surface area contributed by atoms with E-state index in [4.69, 9.17) is 14.9 Å². The Kier molecular flexibility index (Phi) is 4.24. The minimum absolute atomic E-state index is 0.241. The van der Waals surface area contributed by atoms with Crippen LogP contribution in [0.2, 0.25) is 0 Å². The van der Waals surface area contributed by atoms with Gasteiger partial charge < -0.3 is 14.9 Å². The third-order valence-electron chi connectivity index (χ3n) is 2.46. The summed E-state index contributed by atoms with van der Waals surface area (Å²) in [6.45, 7) is 0. The van der Waals surface area contributed by atoms with Crippen LogP contribution in [0.15, 0.2) is 61.1 Å². The molecular formula is C16H14O3. The average molecular weight is 254 g/mol. The van der Waals surface area contributed by atoms with Crippen molar-refractivity contribution in [2.24, 2.45) is 0 Å². The molecule has 19 heavy (non-hydrogen) atoms. The quantitative estimate of drug-likeness (QED) is 0.817. The Hall–Kier alpha value is -2.68.